The summed E-state index contributed by atoms with van der Waals surface area (Å²) >= 11 is 8.55. The van der Waals surface area contributed by atoms with Gasteiger partial charge in [0.25, 0.3) is 6.43 Å². The third-order valence-corrected chi connectivity index (χ3v) is 2.53. The van der Waals surface area contributed by atoms with Gasteiger partial charge < -0.3 is 0 Å². The maximum Gasteiger partial charge on any atom is 0.280 e. The summed E-state index contributed by atoms with van der Waals surface area (Å²) in [7, 11) is 0. The molecule has 0 bridgehead atoms. The molecule has 0 aliphatic carbocycles. The van der Waals surface area contributed by atoms with Crippen LogP contribution in [0.3, 0.4) is 0 Å². The van der Waals surface area contributed by atoms with Crippen molar-refractivity contribution < 1.29 is 8.78 Å². The zero-order valence-corrected chi connectivity index (χ0v) is 9.11. The van der Waals surface area contributed by atoms with Gasteiger partial charge in [-0.3, -0.25) is 0 Å². The van der Waals surface area contributed by atoms with Crippen molar-refractivity contribution in [3.05, 3.63) is 27.5 Å². The van der Waals surface area contributed by atoms with Crippen LogP contribution in [0, 0.1) is 11.3 Å². The first-order valence-electron chi connectivity index (χ1n) is 3.53. The summed E-state index contributed by atoms with van der Waals surface area (Å²) in [5.41, 5.74) is -0.271. The molecule has 14 heavy (non-hydrogen) atoms. The zero-order valence-electron chi connectivity index (χ0n) is 6.77. The summed E-state index contributed by atoms with van der Waals surface area (Å²) < 4.78 is 25.3. The molecule has 1 aromatic heterocycles. The molecule has 0 aliphatic heterocycles. The molecule has 0 radical (unpaired) electrons. The SMILES string of the molecule is N#Cc1cc(Br)c(CCl)c(C(F)F)n1. The first-order chi connectivity index (χ1) is 6.60. The van der Waals surface area contributed by atoms with Crippen molar-refractivity contribution >= 4 is 27.5 Å². The first kappa shape index (κ1) is 11.3. The van der Waals surface area contributed by atoms with E-state index in [2.05, 4.69) is 20.9 Å². The monoisotopic (exact) mass is 280 g/mol. The third kappa shape index (κ3) is 2.20. The Hall–Kier alpha value is -0.730. The second kappa shape index (κ2) is 4.67. The number of rotatable bonds is 2. The summed E-state index contributed by atoms with van der Waals surface area (Å²) in [5, 5.41) is 8.52. The maximum absolute atomic E-state index is 12.5. The predicted octanol–water partition coefficient (Wildman–Crippen LogP) is 3.39. The summed E-state index contributed by atoms with van der Waals surface area (Å²) in [6, 6.07) is 3.06. The lowest BCUT2D eigenvalue weighted by Gasteiger charge is -2.07. The third-order valence-electron chi connectivity index (χ3n) is 1.56. The largest absolute Gasteiger partial charge is 0.280 e. The number of halogens is 4. The van der Waals surface area contributed by atoms with Crippen LogP contribution >= 0.6 is 27.5 Å². The van der Waals surface area contributed by atoms with Crippen LogP contribution in [0.1, 0.15) is 23.4 Å². The fraction of sp³-hybridized carbons (Fsp3) is 0.250. The second-order valence-corrected chi connectivity index (χ2v) is 3.52. The molecule has 0 amide bonds. The summed E-state index contributed by atoms with van der Waals surface area (Å²) in [5.74, 6) is -0.0705. The molecule has 0 unspecified atom stereocenters. The van der Waals surface area contributed by atoms with Crippen LogP contribution in [0.4, 0.5) is 8.78 Å². The van der Waals surface area contributed by atoms with E-state index >= 15 is 0 Å². The molecule has 0 aliphatic rings. The minimum Gasteiger partial charge on any atom is -0.236 e. The zero-order chi connectivity index (χ0) is 10.7. The molecule has 0 saturated carbocycles. The smallest absolute Gasteiger partial charge is 0.236 e. The van der Waals surface area contributed by atoms with Crippen LogP contribution in [0.25, 0.3) is 0 Å². The van der Waals surface area contributed by atoms with Crippen molar-refractivity contribution in [1.29, 1.82) is 5.26 Å². The molecule has 1 rings (SSSR count). The molecule has 6 heteroatoms. The Morgan fingerprint density at radius 2 is 2.29 bits per heavy atom. The van der Waals surface area contributed by atoms with E-state index in [9.17, 15) is 8.78 Å². The Morgan fingerprint density at radius 3 is 2.71 bits per heavy atom. The lowest BCUT2D eigenvalue weighted by molar-refractivity contribution is 0.145. The van der Waals surface area contributed by atoms with E-state index in [0.29, 0.717) is 4.47 Å². The molecule has 0 atom stereocenters. The van der Waals surface area contributed by atoms with Crippen molar-refractivity contribution in [3.8, 4) is 6.07 Å². The highest BCUT2D eigenvalue weighted by molar-refractivity contribution is 9.10. The Morgan fingerprint density at radius 1 is 1.64 bits per heavy atom. The topological polar surface area (TPSA) is 36.7 Å². The van der Waals surface area contributed by atoms with E-state index in [-0.39, 0.29) is 17.1 Å². The second-order valence-electron chi connectivity index (χ2n) is 2.40. The van der Waals surface area contributed by atoms with Gasteiger partial charge in [-0.25, -0.2) is 13.8 Å². The number of hydrogen-bond acceptors (Lipinski definition) is 2. The van der Waals surface area contributed by atoms with E-state index in [1.54, 1.807) is 6.07 Å². The van der Waals surface area contributed by atoms with Crippen LogP contribution in [-0.2, 0) is 5.88 Å². The highest BCUT2D eigenvalue weighted by Gasteiger charge is 2.18. The standard InChI is InChI=1S/C8H4BrClF2N2/c9-6-1-4(3-13)14-7(8(11)12)5(6)2-10/h1,8H,2H2. The lowest BCUT2D eigenvalue weighted by atomic mass is 10.2. The number of pyridine rings is 1. The van der Waals surface area contributed by atoms with Gasteiger partial charge in [-0.1, -0.05) is 15.9 Å². The molecular formula is C8H4BrClF2N2. The van der Waals surface area contributed by atoms with E-state index in [1.165, 1.54) is 6.07 Å². The molecule has 74 valence electrons. The van der Waals surface area contributed by atoms with Crippen molar-refractivity contribution in [1.82, 2.24) is 4.98 Å². The van der Waals surface area contributed by atoms with Crippen LogP contribution in [-0.4, -0.2) is 4.98 Å². The predicted molar refractivity (Wildman–Crippen MR) is 51.2 cm³/mol. The van der Waals surface area contributed by atoms with Gasteiger partial charge in [0.2, 0.25) is 0 Å². The lowest BCUT2D eigenvalue weighted by Crippen LogP contribution is -2.00. The highest BCUT2D eigenvalue weighted by Crippen LogP contribution is 2.28. The van der Waals surface area contributed by atoms with Gasteiger partial charge in [-0.2, -0.15) is 5.26 Å². The number of alkyl halides is 3. The quantitative estimate of drug-likeness (QED) is 0.779. The number of nitrogens with zero attached hydrogens (tertiary/aromatic N) is 2. The van der Waals surface area contributed by atoms with Gasteiger partial charge in [0.1, 0.15) is 17.5 Å². The Kier molecular flexibility index (Phi) is 3.78. The van der Waals surface area contributed by atoms with Gasteiger partial charge in [-0.05, 0) is 6.07 Å². The average molecular weight is 281 g/mol. The van der Waals surface area contributed by atoms with Crippen LogP contribution < -0.4 is 0 Å². The fourth-order valence-electron chi connectivity index (χ4n) is 0.929. The van der Waals surface area contributed by atoms with Gasteiger partial charge >= 0.3 is 0 Å². The van der Waals surface area contributed by atoms with Crippen molar-refractivity contribution in [2.75, 3.05) is 0 Å². The van der Waals surface area contributed by atoms with Crippen molar-refractivity contribution in [3.63, 3.8) is 0 Å². The molecular weight excluding hydrogens is 277 g/mol. The molecule has 2 nitrogen and oxygen atoms in total. The van der Waals surface area contributed by atoms with Gasteiger partial charge in [0, 0.05) is 10.0 Å². The minimum absolute atomic E-state index is 0.0546. The summed E-state index contributed by atoms with van der Waals surface area (Å²) in [4.78, 5) is 3.50. The molecule has 1 heterocycles. The fourth-order valence-corrected chi connectivity index (χ4v) is 1.93. The minimum atomic E-state index is -2.73. The van der Waals surface area contributed by atoms with E-state index < -0.39 is 12.1 Å². The first-order valence-corrected chi connectivity index (χ1v) is 4.86. The molecule has 0 fully saturated rings. The Labute approximate surface area is 92.6 Å². The summed E-state index contributed by atoms with van der Waals surface area (Å²) in [6.45, 7) is 0. The highest BCUT2D eigenvalue weighted by atomic mass is 79.9. The number of hydrogen-bond donors (Lipinski definition) is 0. The van der Waals surface area contributed by atoms with Crippen LogP contribution in [0.15, 0.2) is 10.5 Å². The molecule has 0 aromatic carbocycles. The van der Waals surface area contributed by atoms with Gasteiger partial charge in [0.05, 0.1) is 5.88 Å². The Bertz CT molecular complexity index is 390. The van der Waals surface area contributed by atoms with Crippen LogP contribution in [0.2, 0.25) is 0 Å². The van der Waals surface area contributed by atoms with E-state index in [4.69, 9.17) is 16.9 Å². The summed E-state index contributed by atoms with van der Waals surface area (Å²) in [6.07, 6.45) is -2.73. The number of nitriles is 1. The average Bonchev–Trinajstić information content (AvgIpc) is 2.16. The Balaban J connectivity index is 3.37. The molecule has 0 N–H and O–H groups in total. The van der Waals surface area contributed by atoms with E-state index in [1.807, 2.05) is 0 Å². The van der Waals surface area contributed by atoms with Crippen LogP contribution in [0.5, 0.6) is 0 Å². The van der Waals surface area contributed by atoms with E-state index in [0.717, 1.165) is 0 Å². The van der Waals surface area contributed by atoms with Crippen molar-refractivity contribution in [2.24, 2.45) is 0 Å². The normalized spacial score (nSPS) is 10.3. The number of aromatic nitrogens is 1. The maximum atomic E-state index is 12.5. The molecule has 0 saturated heterocycles. The van der Waals surface area contributed by atoms with Crippen molar-refractivity contribution in [2.45, 2.75) is 12.3 Å². The van der Waals surface area contributed by atoms with Gasteiger partial charge in [0.15, 0.2) is 0 Å². The van der Waals surface area contributed by atoms with Gasteiger partial charge in [-0.15, -0.1) is 11.6 Å². The molecule has 0 spiro atoms. The molecule has 1 aromatic rings.